The summed E-state index contributed by atoms with van der Waals surface area (Å²) in [5.74, 6) is 1.71. The van der Waals surface area contributed by atoms with Gasteiger partial charge in [-0.3, -0.25) is 0 Å². The molecular weight excluding hydrogens is 551 g/mol. The quantitative estimate of drug-likeness (QED) is 0.222. The number of aromatic nitrogens is 2. The molecule has 1 heterocycles. The molecule has 1 aromatic heterocycles. The number of nitrogens with one attached hydrogen (secondary N) is 1. The van der Waals surface area contributed by atoms with Gasteiger partial charge in [-0.1, -0.05) is 71.2 Å². The van der Waals surface area contributed by atoms with Crippen molar-refractivity contribution >= 4 is 44.6 Å². The minimum absolute atomic E-state index is 0.245. The maximum atomic E-state index is 11.9. The number of ether oxygens (including phenoxy) is 1. The van der Waals surface area contributed by atoms with Gasteiger partial charge in [-0.15, -0.1) is 0 Å². The average molecular weight is 570 g/mol. The van der Waals surface area contributed by atoms with Crippen LogP contribution in [0.1, 0.15) is 0 Å². The number of rotatable bonds is 6. The highest BCUT2D eigenvalue weighted by Gasteiger charge is 2.17. The van der Waals surface area contributed by atoms with E-state index in [0.717, 1.165) is 22.4 Å². The lowest BCUT2D eigenvalue weighted by Crippen LogP contribution is -1.96. The number of imidazole rings is 1. The van der Waals surface area contributed by atoms with Crippen LogP contribution in [0.2, 0.25) is 15.1 Å². The number of sulfone groups is 1. The van der Waals surface area contributed by atoms with E-state index >= 15 is 0 Å². The predicted molar refractivity (Wildman–Crippen MR) is 150 cm³/mol. The van der Waals surface area contributed by atoms with Crippen molar-refractivity contribution in [1.82, 2.24) is 9.97 Å². The Kier molecular flexibility index (Phi) is 7.01. The third-order valence-corrected chi connectivity index (χ3v) is 7.39. The molecule has 0 bridgehead atoms. The topological polar surface area (TPSA) is 72.0 Å². The molecule has 5 nitrogen and oxygen atoms in total. The van der Waals surface area contributed by atoms with E-state index < -0.39 is 9.84 Å². The van der Waals surface area contributed by atoms with Gasteiger partial charge in [-0.05, 0) is 54.6 Å². The molecular formula is C28H19Cl3N2O3S. The summed E-state index contributed by atoms with van der Waals surface area (Å²) in [6.07, 6.45) is 1.18. The lowest BCUT2D eigenvalue weighted by Gasteiger charge is -2.08. The Morgan fingerprint density at radius 1 is 0.703 bits per heavy atom. The Morgan fingerprint density at radius 3 is 2.00 bits per heavy atom. The minimum atomic E-state index is -3.31. The number of hydrogen-bond donors (Lipinski definition) is 1. The molecule has 0 aliphatic rings. The molecule has 0 unspecified atom stereocenters. The van der Waals surface area contributed by atoms with Crippen LogP contribution in [-0.2, 0) is 9.84 Å². The molecule has 0 atom stereocenters. The molecule has 4 aromatic carbocycles. The van der Waals surface area contributed by atoms with E-state index in [1.54, 1.807) is 54.6 Å². The first kappa shape index (κ1) is 25.4. The van der Waals surface area contributed by atoms with Crippen LogP contribution in [0, 0.1) is 0 Å². The fourth-order valence-electron chi connectivity index (χ4n) is 3.83. The van der Waals surface area contributed by atoms with Gasteiger partial charge >= 0.3 is 0 Å². The molecule has 0 radical (unpaired) electrons. The summed E-state index contributed by atoms with van der Waals surface area (Å²) >= 11 is 18.3. The van der Waals surface area contributed by atoms with Crippen molar-refractivity contribution in [3.05, 3.63) is 106 Å². The fraction of sp³-hybridized carbons (Fsp3) is 0.0357. The maximum Gasteiger partial charge on any atom is 0.175 e. The first-order chi connectivity index (χ1) is 17.7. The fourth-order valence-corrected chi connectivity index (χ4v) is 5.10. The summed E-state index contributed by atoms with van der Waals surface area (Å²) in [6, 6.07) is 26.5. The van der Waals surface area contributed by atoms with E-state index in [4.69, 9.17) is 44.5 Å². The van der Waals surface area contributed by atoms with Crippen molar-refractivity contribution in [2.75, 3.05) is 6.26 Å². The maximum absolute atomic E-state index is 11.9. The number of nitrogens with zero attached hydrogens (tertiary/aromatic N) is 1. The summed E-state index contributed by atoms with van der Waals surface area (Å²) in [6.45, 7) is 0. The van der Waals surface area contributed by atoms with E-state index in [1.807, 2.05) is 36.4 Å². The van der Waals surface area contributed by atoms with Crippen molar-refractivity contribution in [1.29, 1.82) is 0 Å². The zero-order valence-corrected chi connectivity index (χ0v) is 22.5. The predicted octanol–water partition coefficient (Wildman–Crippen LogP) is 8.57. The van der Waals surface area contributed by atoms with E-state index in [2.05, 4.69) is 4.98 Å². The van der Waals surface area contributed by atoms with Crippen LogP contribution < -0.4 is 4.74 Å². The van der Waals surface area contributed by atoms with Crippen molar-refractivity contribution in [3.8, 4) is 45.4 Å². The normalized spacial score (nSPS) is 11.5. The number of benzene rings is 4. The molecule has 37 heavy (non-hydrogen) atoms. The Labute approximate surface area is 229 Å². The molecule has 0 spiro atoms. The molecule has 0 amide bonds. The Balaban J connectivity index is 1.57. The van der Waals surface area contributed by atoms with Crippen molar-refractivity contribution < 1.29 is 13.2 Å². The Hall–Kier alpha value is -3.29. The smallest absolute Gasteiger partial charge is 0.175 e. The van der Waals surface area contributed by atoms with E-state index in [-0.39, 0.29) is 4.90 Å². The molecule has 186 valence electrons. The van der Waals surface area contributed by atoms with Gasteiger partial charge in [0.25, 0.3) is 0 Å². The van der Waals surface area contributed by atoms with Crippen molar-refractivity contribution in [2.45, 2.75) is 4.90 Å². The lowest BCUT2D eigenvalue weighted by molar-refractivity contribution is 0.483. The van der Waals surface area contributed by atoms with E-state index in [0.29, 0.717) is 38.1 Å². The minimum Gasteiger partial charge on any atom is -0.457 e. The third-order valence-electron chi connectivity index (χ3n) is 5.57. The first-order valence-electron chi connectivity index (χ1n) is 11.1. The molecule has 5 rings (SSSR count). The van der Waals surface area contributed by atoms with E-state index in [9.17, 15) is 8.42 Å². The van der Waals surface area contributed by atoms with Gasteiger partial charge in [0, 0.05) is 38.0 Å². The summed E-state index contributed by atoms with van der Waals surface area (Å²) < 4.78 is 29.8. The highest BCUT2D eigenvalue weighted by Crippen LogP contribution is 2.35. The largest absolute Gasteiger partial charge is 0.457 e. The van der Waals surface area contributed by atoms with Crippen molar-refractivity contribution in [3.63, 3.8) is 0 Å². The standard InChI is InChI=1S/C28H19Cl3N2O3S/c1-37(34,35)25-11-7-18(8-12-25)27-26(17-5-9-20(29)10-6-17)32-28(33-27)19-3-2-4-23(13-19)36-24-15-21(30)14-22(31)16-24/h2-16H,1H3,(H,32,33). The summed E-state index contributed by atoms with van der Waals surface area (Å²) in [7, 11) is -3.31. The number of halogens is 3. The molecule has 0 fully saturated rings. The number of H-pyrrole nitrogens is 1. The third kappa shape index (κ3) is 5.84. The second-order valence-electron chi connectivity index (χ2n) is 8.35. The first-order valence-corrected chi connectivity index (χ1v) is 14.1. The summed E-state index contributed by atoms with van der Waals surface area (Å²) in [5, 5.41) is 1.57. The lowest BCUT2D eigenvalue weighted by atomic mass is 10.1. The van der Waals surface area contributed by atoms with Crippen LogP contribution in [-0.4, -0.2) is 24.6 Å². The summed E-state index contributed by atoms with van der Waals surface area (Å²) in [5.41, 5.74) is 3.88. The molecule has 0 saturated carbocycles. The number of hydrogen-bond acceptors (Lipinski definition) is 4. The molecule has 9 heteroatoms. The zero-order chi connectivity index (χ0) is 26.2. The van der Waals surface area contributed by atoms with Crippen LogP contribution in [0.3, 0.4) is 0 Å². The molecule has 0 saturated heterocycles. The summed E-state index contributed by atoms with van der Waals surface area (Å²) in [4.78, 5) is 8.54. The van der Waals surface area contributed by atoms with Gasteiger partial charge in [0.2, 0.25) is 0 Å². The van der Waals surface area contributed by atoms with Gasteiger partial charge in [-0.2, -0.15) is 0 Å². The van der Waals surface area contributed by atoms with Gasteiger partial charge in [0.1, 0.15) is 17.3 Å². The van der Waals surface area contributed by atoms with Crippen LogP contribution in [0.5, 0.6) is 11.5 Å². The Bertz CT molecular complexity index is 1680. The second-order valence-corrected chi connectivity index (χ2v) is 11.7. The van der Waals surface area contributed by atoms with E-state index in [1.165, 1.54) is 6.26 Å². The molecule has 5 aromatic rings. The van der Waals surface area contributed by atoms with Gasteiger partial charge in [0.05, 0.1) is 16.3 Å². The SMILES string of the molecule is CS(=O)(=O)c1ccc(-c2[nH]c(-c3cccc(Oc4cc(Cl)cc(Cl)c4)c3)nc2-c2ccc(Cl)cc2)cc1. The zero-order valence-electron chi connectivity index (χ0n) is 19.4. The van der Waals surface area contributed by atoms with Gasteiger partial charge in [-0.25, -0.2) is 13.4 Å². The van der Waals surface area contributed by atoms with Gasteiger partial charge < -0.3 is 9.72 Å². The molecule has 0 aliphatic carbocycles. The monoisotopic (exact) mass is 568 g/mol. The van der Waals surface area contributed by atoms with Crippen LogP contribution >= 0.6 is 34.8 Å². The molecule has 0 aliphatic heterocycles. The number of aromatic amines is 1. The second kappa shape index (κ2) is 10.2. The highest BCUT2D eigenvalue weighted by atomic mass is 35.5. The Morgan fingerprint density at radius 2 is 1.35 bits per heavy atom. The average Bonchev–Trinajstić information content (AvgIpc) is 3.29. The van der Waals surface area contributed by atoms with Gasteiger partial charge in [0.15, 0.2) is 9.84 Å². The van der Waals surface area contributed by atoms with Crippen LogP contribution in [0.4, 0.5) is 0 Å². The van der Waals surface area contributed by atoms with Crippen LogP contribution in [0.15, 0.2) is 95.9 Å². The van der Waals surface area contributed by atoms with Crippen LogP contribution in [0.25, 0.3) is 33.9 Å². The molecule has 1 N–H and O–H groups in total. The van der Waals surface area contributed by atoms with Crippen molar-refractivity contribution in [2.24, 2.45) is 0 Å². The highest BCUT2D eigenvalue weighted by molar-refractivity contribution is 7.90.